The number of ether oxygens (including phenoxy) is 3. The zero-order valence-corrected chi connectivity index (χ0v) is 9.30. The summed E-state index contributed by atoms with van der Waals surface area (Å²) in [4.78, 5) is 11.2. The number of carbonyl (C=O) groups is 1. The van der Waals surface area contributed by atoms with Crippen LogP contribution in [-0.2, 0) is 9.53 Å². The summed E-state index contributed by atoms with van der Waals surface area (Å²) in [7, 11) is 2.88. The van der Waals surface area contributed by atoms with E-state index < -0.39 is 12.1 Å². The molecule has 16 heavy (non-hydrogen) atoms. The molecule has 0 aliphatic heterocycles. The van der Waals surface area contributed by atoms with Crippen LogP contribution >= 0.6 is 0 Å². The highest BCUT2D eigenvalue weighted by molar-refractivity contribution is 5.77. The van der Waals surface area contributed by atoms with Crippen molar-refractivity contribution in [1.29, 1.82) is 0 Å². The van der Waals surface area contributed by atoms with Crippen LogP contribution in [0.25, 0.3) is 0 Å². The maximum atomic E-state index is 11.2. The van der Waals surface area contributed by atoms with Gasteiger partial charge in [-0.05, 0) is 30.3 Å². The molecule has 0 aromatic heterocycles. The lowest BCUT2D eigenvalue weighted by molar-refractivity contribution is -0.146. The summed E-state index contributed by atoms with van der Waals surface area (Å²) in [5, 5.41) is 0. The molecule has 0 fully saturated rings. The highest BCUT2D eigenvalue weighted by Gasteiger charge is 2.16. The Hall–Kier alpha value is -1.97. The summed E-state index contributed by atoms with van der Waals surface area (Å²) in [6, 6.07) is 6.90. The van der Waals surface area contributed by atoms with Gasteiger partial charge in [-0.25, -0.2) is 4.79 Å². The van der Waals surface area contributed by atoms with Crippen molar-refractivity contribution in [2.24, 2.45) is 0 Å². The van der Waals surface area contributed by atoms with Crippen molar-refractivity contribution in [3.63, 3.8) is 0 Å². The second-order valence-corrected chi connectivity index (χ2v) is 2.97. The SMILES string of the molecule is C=C[C@H](Oc1ccc(OC)cc1)C(=O)OC. The zero-order chi connectivity index (χ0) is 12.0. The molecule has 0 N–H and O–H groups in total. The van der Waals surface area contributed by atoms with E-state index in [0.717, 1.165) is 5.75 Å². The maximum absolute atomic E-state index is 11.2. The molecular weight excluding hydrogens is 208 g/mol. The number of hydrogen-bond donors (Lipinski definition) is 0. The van der Waals surface area contributed by atoms with Crippen LogP contribution in [0.5, 0.6) is 11.5 Å². The predicted molar refractivity (Wildman–Crippen MR) is 59.6 cm³/mol. The van der Waals surface area contributed by atoms with Gasteiger partial charge in [-0.3, -0.25) is 0 Å². The summed E-state index contributed by atoms with van der Waals surface area (Å²) >= 11 is 0. The molecule has 1 atom stereocenters. The van der Waals surface area contributed by atoms with Gasteiger partial charge >= 0.3 is 5.97 Å². The number of rotatable bonds is 5. The minimum Gasteiger partial charge on any atom is -0.497 e. The first-order valence-electron chi connectivity index (χ1n) is 4.72. The van der Waals surface area contributed by atoms with Crippen LogP contribution in [0, 0.1) is 0 Å². The Morgan fingerprint density at radius 2 is 1.81 bits per heavy atom. The smallest absolute Gasteiger partial charge is 0.351 e. The fourth-order valence-electron chi connectivity index (χ4n) is 1.11. The van der Waals surface area contributed by atoms with Crippen LogP contribution in [0.2, 0.25) is 0 Å². The second kappa shape index (κ2) is 5.80. The number of methoxy groups -OCH3 is 2. The number of benzene rings is 1. The Morgan fingerprint density at radius 3 is 2.25 bits per heavy atom. The third kappa shape index (κ3) is 3.02. The highest BCUT2D eigenvalue weighted by Crippen LogP contribution is 2.18. The van der Waals surface area contributed by atoms with Gasteiger partial charge in [-0.1, -0.05) is 6.58 Å². The van der Waals surface area contributed by atoms with E-state index in [9.17, 15) is 4.79 Å². The van der Waals surface area contributed by atoms with Crippen molar-refractivity contribution in [2.45, 2.75) is 6.10 Å². The lowest BCUT2D eigenvalue weighted by Gasteiger charge is -2.13. The molecule has 0 heterocycles. The van der Waals surface area contributed by atoms with Crippen molar-refractivity contribution in [3.05, 3.63) is 36.9 Å². The van der Waals surface area contributed by atoms with Crippen molar-refractivity contribution < 1.29 is 19.0 Å². The molecular formula is C12H14O4. The molecule has 0 saturated carbocycles. The molecule has 0 aliphatic rings. The van der Waals surface area contributed by atoms with Crippen LogP contribution in [0.15, 0.2) is 36.9 Å². The molecule has 86 valence electrons. The van der Waals surface area contributed by atoms with Gasteiger partial charge in [-0.15, -0.1) is 0 Å². The second-order valence-electron chi connectivity index (χ2n) is 2.97. The summed E-state index contributed by atoms with van der Waals surface area (Å²) in [5.41, 5.74) is 0. The third-order valence-corrected chi connectivity index (χ3v) is 1.97. The standard InChI is InChI=1S/C12H14O4/c1-4-11(12(13)15-3)16-10-7-5-9(14-2)6-8-10/h4-8,11H,1H2,2-3H3/t11-/m0/s1. The quantitative estimate of drug-likeness (QED) is 0.563. The minimum absolute atomic E-state index is 0.481. The number of esters is 1. The zero-order valence-electron chi connectivity index (χ0n) is 9.30. The van der Waals surface area contributed by atoms with E-state index in [1.807, 2.05) is 0 Å². The molecule has 1 rings (SSSR count). The average Bonchev–Trinajstić information content (AvgIpc) is 2.35. The lowest BCUT2D eigenvalue weighted by Crippen LogP contribution is -2.26. The summed E-state index contributed by atoms with van der Waals surface area (Å²) < 4.78 is 14.9. The van der Waals surface area contributed by atoms with E-state index in [0.29, 0.717) is 5.75 Å². The molecule has 4 nitrogen and oxygen atoms in total. The molecule has 0 saturated heterocycles. The van der Waals surface area contributed by atoms with Gasteiger partial charge in [0.05, 0.1) is 14.2 Å². The molecule has 1 aromatic rings. The number of hydrogen-bond acceptors (Lipinski definition) is 4. The van der Waals surface area contributed by atoms with Gasteiger partial charge in [0.15, 0.2) is 0 Å². The van der Waals surface area contributed by atoms with E-state index in [4.69, 9.17) is 9.47 Å². The van der Waals surface area contributed by atoms with E-state index in [1.54, 1.807) is 31.4 Å². The van der Waals surface area contributed by atoms with Gasteiger partial charge in [0.25, 0.3) is 0 Å². The van der Waals surface area contributed by atoms with Gasteiger partial charge < -0.3 is 14.2 Å². The third-order valence-electron chi connectivity index (χ3n) is 1.97. The van der Waals surface area contributed by atoms with Crippen LogP contribution in [0.3, 0.4) is 0 Å². The first-order chi connectivity index (χ1) is 7.71. The molecule has 0 bridgehead atoms. The van der Waals surface area contributed by atoms with Crippen molar-refractivity contribution >= 4 is 5.97 Å². The topological polar surface area (TPSA) is 44.8 Å². The normalized spacial score (nSPS) is 11.4. The largest absolute Gasteiger partial charge is 0.497 e. The van der Waals surface area contributed by atoms with E-state index in [-0.39, 0.29) is 0 Å². The van der Waals surface area contributed by atoms with Crippen LogP contribution in [0.1, 0.15) is 0 Å². The van der Waals surface area contributed by atoms with Crippen molar-refractivity contribution in [2.75, 3.05) is 14.2 Å². The molecule has 0 aliphatic carbocycles. The fourth-order valence-corrected chi connectivity index (χ4v) is 1.11. The van der Waals surface area contributed by atoms with Gasteiger partial charge in [0.2, 0.25) is 6.10 Å². The molecule has 0 spiro atoms. The summed E-state index contributed by atoms with van der Waals surface area (Å²) in [6.07, 6.45) is 0.592. The molecule has 0 unspecified atom stereocenters. The molecule has 0 amide bonds. The van der Waals surface area contributed by atoms with E-state index in [2.05, 4.69) is 11.3 Å². The Bertz CT molecular complexity index is 356. The van der Waals surface area contributed by atoms with Crippen LogP contribution in [-0.4, -0.2) is 26.3 Å². The van der Waals surface area contributed by atoms with E-state index in [1.165, 1.54) is 13.2 Å². The molecule has 1 aromatic carbocycles. The van der Waals surface area contributed by atoms with Gasteiger partial charge in [0, 0.05) is 0 Å². The van der Waals surface area contributed by atoms with Crippen molar-refractivity contribution in [1.82, 2.24) is 0 Å². The Balaban J connectivity index is 2.70. The highest BCUT2D eigenvalue weighted by atomic mass is 16.6. The summed E-state index contributed by atoms with van der Waals surface area (Å²) in [5.74, 6) is 0.794. The predicted octanol–water partition coefficient (Wildman–Crippen LogP) is 1.80. The Kier molecular flexibility index (Phi) is 4.39. The first-order valence-corrected chi connectivity index (χ1v) is 4.72. The molecule has 0 radical (unpaired) electrons. The van der Waals surface area contributed by atoms with Gasteiger partial charge in [0.1, 0.15) is 11.5 Å². The fraction of sp³-hybridized carbons (Fsp3) is 0.250. The maximum Gasteiger partial charge on any atom is 0.351 e. The Morgan fingerprint density at radius 1 is 1.25 bits per heavy atom. The minimum atomic E-state index is -0.793. The first kappa shape index (κ1) is 12.1. The number of carbonyl (C=O) groups excluding carboxylic acids is 1. The monoisotopic (exact) mass is 222 g/mol. The van der Waals surface area contributed by atoms with Gasteiger partial charge in [-0.2, -0.15) is 0 Å². The summed E-state index contributed by atoms with van der Waals surface area (Å²) in [6.45, 7) is 3.51. The molecule has 4 heteroatoms. The van der Waals surface area contributed by atoms with Crippen molar-refractivity contribution in [3.8, 4) is 11.5 Å². The van der Waals surface area contributed by atoms with Crippen LogP contribution < -0.4 is 9.47 Å². The van der Waals surface area contributed by atoms with Crippen LogP contribution in [0.4, 0.5) is 0 Å². The van der Waals surface area contributed by atoms with E-state index >= 15 is 0 Å². The lowest BCUT2D eigenvalue weighted by atomic mass is 10.3. The Labute approximate surface area is 94.4 Å². The average molecular weight is 222 g/mol.